The summed E-state index contributed by atoms with van der Waals surface area (Å²) in [4.78, 5) is 44.6. The van der Waals surface area contributed by atoms with E-state index in [9.17, 15) is 14.9 Å². The Morgan fingerprint density at radius 3 is 2.65 bits per heavy atom. The van der Waals surface area contributed by atoms with E-state index in [1.54, 1.807) is 33.9 Å². The number of pyridine rings is 1. The van der Waals surface area contributed by atoms with Crippen LogP contribution < -0.4 is 10.2 Å². The topological polar surface area (TPSA) is 137 Å². The molecule has 3 aromatic heterocycles. The summed E-state index contributed by atoms with van der Waals surface area (Å²) in [6, 6.07) is 2.31. The van der Waals surface area contributed by atoms with Gasteiger partial charge in [0.1, 0.15) is 22.2 Å². The van der Waals surface area contributed by atoms with Crippen LogP contribution in [0.1, 0.15) is 57.2 Å². The number of nitrogens with one attached hydrogen (secondary N) is 1. The summed E-state index contributed by atoms with van der Waals surface area (Å²) in [5, 5.41) is 13.5. The van der Waals surface area contributed by atoms with Gasteiger partial charge in [-0.05, 0) is 44.7 Å². The number of hydrogen-bond acceptors (Lipinski definition) is 11. The van der Waals surface area contributed by atoms with Gasteiger partial charge < -0.3 is 19.3 Å². The van der Waals surface area contributed by atoms with Crippen molar-refractivity contribution in [3.05, 3.63) is 40.7 Å². The smallest absolute Gasteiger partial charge is 0.412 e. The molecule has 0 spiro atoms. The zero-order valence-electron chi connectivity index (χ0n) is 27.7. The Balaban J connectivity index is 1.27. The normalized spacial score (nSPS) is 18.5. The van der Waals surface area contributed by atoms with E-state index in [1.807, 2.05) is 4.90 Å². The number of amides is 2. The summed E-state index contributed by atoms with van der Waals surface area (Å²) >= 11 is 0.856. The van der Waals surface area contributed by atoms with Crippen LogP contribution >= 0.6 is 11.3 Å². The first-order valence-corrected chi connectivity index (χ1v) is 17.1. The second kappa shape index (κ2) is 12.7. The number of ether oxygens (including phenoxy) is 2. The molecule has 49 heavy (non-hydrogen) atoms. The van der Waals surface area contributed by atoms with E-state index in [0.717, 1.165) is 50.0 Å². The third-order valence-electron chi connectivity index (χ3n) is 9.26. The van der Waals surface area contributed by atoms with Crippen molar-refractivity contribution >= 4 is 55.3 Å². The highest BCUT2D eigenvalue weighted by Gasteiger charge is 2.33. The Labute approximate surface area is 285 Å². The first kappa shape index (κ1) is 33.0. The van der Waals surface area contributed by atoms with Crippen LogP contribution in [0, 0.1) is 23.0 Å². The Bertz CT molecular complexity index is 2040. The largest absolute Gasteiger partial charge is 0.444 e. The fourth-order valence-electron chi connectivity index (χ4n) is 6.99. The number of carbonyl (C=O) groups is 2. The van der Waals surface area contributed by atoms with Gasteiger partial charge in [0.2, 0.25) is 11.9 Å². The molecule has 12 nitrogen and oxygen atoms in total. The van der Waals surface area contributed by atoms with Gasteiger partial charge in [-0.2, -0.15) is 5.26 Å². The van der Waals surface area contributed by atoms with Gasteiger partial charge in [0.05, 0.1) is 35.4 Å². The lowest BCUT2D eigenvalue weighted by Crippen LogP contribution is -2.40. The molecule has 2 saturated heterocycles. The summed E-state index contributed by atoms with van der Waals surface area (Å²) in [5.74, 6) is -0.894. The van der Waals surface area contributed by atoms with Crippen LogP contribution in [0.2, 0.25) is 0 Å². The fraction of sp³-hybridized carbons (Fsp3) is 0.471. The van der Waals surface area contributed by atoms with Gasteiger partial charge in [-0.15, -0.1) is 11.3 Å². The van der Waals surface area contributed by atoms with Crippen LogP contribution in [0.4, 0.5) is 24.5 Å². The molecule has 0 bridgehead atoms. The zero-order valence-corrected chi connectivity index (χ0v) is 28.5. The van der Waals surface area contributed by atoms with Crippen LogP contribution in [-0.4, -0.2) is 87.7 Å². The van der Waals surface area contributed by atoms with E-state index in [4.69, 9.17) is 14.5 Å². The first-order chi connectivity index (χ1) is 23.4. The molecule has 7 rings (SSSR count). The number of rotatable bonds is 4. The highest BCUT2D eigenvalue weighted by atomic mass is 32.1. The Morgan fingerprint density at radius 2 is 1.90 bits per heavy atom. The molecule has 2 fully saturated rings. The number of anilines is 2. The molecule has 1 aromatic carbocycles. The predicted molar refractivity (Wildman–Crippen MR) is 180 cm³/mol. The Morgan fingerprint density at radius 1 is 1.10 bits per heavy atom. The lowest BCUT2D eigenvalue weighted by molar-refractivity contribution is -0.128. The van der Waals surface area contributed by atoms with Crippen molar-refractivity contribution in [3.63, 3.8) is 0 Å². The number of hydrogen-bond donors (Lipinski definition) is 1. The number of fused-ring (bicyclic) bond motifs is 4. The number of halogens is 2. The van der Waals surface area contributed by atoms with Gasteiger partial charge in [-0.3, -0.25) is 20.0 Å². The maximum Gasteiger partial charge on any atom is 0.412 e. The number of nitrogens with zero attached hydrogens (tertiary/aromatic N) is 7. The maximum absolute atomic E-state index is 17.0. The Kier molecular flexibility index (Phi) is 8.58. The van der Waals surface area contributed by atoms with E-state index in [2.05, 4.69) is 31.2 Å². The fourth-order valence-corrected chi connectivity index (χ4v) is 8.03. The number of thiophene rings is 1. The molecule has 1 atom stereocenters. The Hall–Kier alpha value is -4.52. The number of carbonyl (C=O) groups excluding carboxylic acids is 2. The quantitative estimate of drug-likeness (QED) is 0.290. The lowest BCUT2D eigenvalue weighted by Gasteiger charge is -2.27. The van der Waals surface area contributed by atoms with E-state index < -0.39 is 23.3 Å². The summed E-state index contributed by atoms with van der Waals surface area (Å²) in [6.07, 6.45) is 3.61. The van der Waals surface area contributed by atoms with Crippen LogP contribution in [-0.2, 0) is 27.5 Å². The van der Waals surface area contributed by atoms with Crippen molar-refractivity contribution in [1.29, 1.82) is 5.26 Å². The third kappa shape index (κ3) is 6.13. The molecule has 2 amide bonds. The van der Waals surface area contributed by atoms with Crippen molar-refractivity contribution in [3.8, 4) is 17.3 Å². The van der Waals surface area contributed by atoms with Crippen molar-refractivity contribution in [2.45, 2.75) is 65.4 Å². The lowest BCUT2D eigenvalue weighted by atomic mass is 9.94. The second-order valence-electron chi connectivity index (χ2n) is 13.6. The van der Waals surface area contributed by atoms with Crippen LogP contribution in [0.3, 0.4) is 0 Å². The van der Waals surface area contributed by atoms with Gasteiger partial charge in [-0.25, -0.2) is 23.5 Å². The van der Waals surface area contributed by atoms with E-state index >= 15 is 8.78 Å². The highest BCUT2D eigenvalue weighted by molar-refractivity contribution is 7.23. The van der Waals surface area contributed by atoms with E-state index in [0.29, 0.717) is 42.1 Å². The molecule has 3 aliphatic heterocycles. The molecule has 3 aliphatic rings. The molecule has 6 heterocycles. The standard InChI is InChI=1S/C34H36F2N8O4S/c1-18(45)42-7-5-8-43(11-10-42)19-6-9-44(15-19)32-39-13-21-22-16-47-17-23(22)25(27(36)28(21)40-32)29-26-20(12-37)31(41-33(46)48-34(2,3)4)49-30(26)24(35)14-38-29/h13-14,19H,5-11,15-17H2,1-4H3,(H,41,46)/t19-/m1/s1. The molecule has 256 valence electrons. The monoisotopic (exact) mass is 690 g/mol. The molecule has 0 radical (unpaired) electrons. The minimum Gasteiger partial charge on any atom is -0.444 e. The zero-order chi connectivity index (χ0) is 34.6. The van der Waals surface area contributed by atoms with Crippen molar-refractivity contribution in [1.82, 2.24) is 24.8 Å². The van der Waals surface area contributed by atoms with Gasteiger partial charge in [-0.1, -0.05) is 0 Å². The van der Waals surface area contributed by atoms with Crippen LogP contribution in [0.15, 0.2) is 12.4 Å². The summed E-state index contributed by atoms with van der Waals surface area (Å²) in [7, 11) is 0. The minimum atomic E-state index is -0.807. The van der Waals surface area contributed by atoms with Gasteiger partial charge >= 0.3 is 6.09 Å². The van der Waals surface area contributed by atoms with Gasteiger partial charge in [0, 0.05) is 74.8 Å². The number of aromatic nitrogens is 3. The van der Waals surface area contributed by atoms with Gasteiger partial charge in [0.15, 0.2) is 11.6 Å². The van der Waals surface area contributed by atoms with Crippen LogP contribution in [0.5, 0.6) is 0 Å². The van der Waals surface area contributed by atoms with E-state index in [-0.39, 0.29) is 62.6 Å². The minimum absolute atomic E-state index is 0.0474. The van der Waals surface area contributed by atoms with Crippen molar-refractivity contribution < 1.29 is 27.8 Å². The predicted octanol–water partition coefficient (Wildman–Crippen LogP) is 5.57. The SMILES string of the molecule is CC(=O)N1CCCN([C@@H]2CCN(c3ncc4c5c(c(-c6ncc(F)c7sc(NC(=O)OC(C)(C)C)c(C#N)c67)c(F)c4n3)COC5)C2)CC1. The molecular formula is C34H36F2N8O4S. The van der Waals surface area contributed by atoms with Crippen molar-refractivity contribution in [2.75, 3.05) is 49.5 Å². The van der Waals surface area contributed by atoms with Gasteiger partial charge in [0.25, 0.3) is 0 Å². The average molecular weight is 691 g/mol. The molecule has 1 N–H and O–H groups in total. The second-order valence-corrected chi connectivity index (χ2v) is 14.6. The maximum atomic E-state index is 17.0. The number of benzene rings is 1. The molecule has 0 unspecified atom stereocenters. The summed E-state index contributed by atoms with van der Waals surface area (Å²) in [6.45, 7) is 11.5. The molecule has 0 aliphatic carbocycles. The molecular weight excluding hydrogens is 654 g/mol. The summed E-state index contributed by atoms with van der Waals surface area (Å²) < 4.78 is 43.4. The first-order valence-electron chi connectivity index (χ1n) is 16.3. The number of nitriles is 1. The van der Waals surface area contributed by atoms with Crippen molar-refractivity contribution in [2.24, 2.45) is 0 Å². The molecule has 0 saturated carbocycles. The molecule has 4 aromatic rings. The summed E-state index contributed by atoms with van der Waals surface area (Å²) in [5.41, 5.74) is 0.599. The van der Waals surface area contributed by atoms with E-state index in [1.165, 1.54) is 0 Å². The highest BCUT2D eigenvalue weighted by Crippen LogP contribution is 2.46. The average Bonchev–Trinajstić information content (AvgIpc) is 3.77. The molecule has 15 heteroatoms. The third-order valence-corrected chi connectivity index (χ3v) is 10.4. The van der Waals surface area contributed by atoms with Crippen LogP contribution in [0.25, 0.3) is 32.2 Å².